The van der Waals surface area contributed by atoms with Crippen LogP contribution in [-0.2, 0) is 10.0 Å². The summed E-state index contributed by atoms with van der Waals surface area (Å²) in [5, 5.41) is 0. The van der Waals surface area contributed by atoms with Gasteiger partial charge in [0.05, 0.1) is 10.9 Å². The van der Waals surface area contributed by atoms with Crippen molar-refractivity contribution in [2.24, 2.45) is 0 Å². The second-order valence-corrected chi connectivity index (χ2v) is 9.05. The number of rotatable bonds is 7. The maximum absolute atomic E-state index is 13.0. The molecule has 6 heteroatoms. The summed E-state index contributed by atoms with van der Waals surface area (Å²) in [5.74, 6) is 0. The van der Waals surface area contributed by atoms with Gasteiger partial charge in [0.25, 0.3) is 0 Å². The molecule has 3 aromatic rings. The second-order valence-electron chi connectivity index (χ2n) is 7.34. The maximum atomic E-state index is 13.0. The molecule has 0 amide bonds. The largest absolute Gasteiger partial charge is 0.378 e. The predicted octanol–water partition coefficient (Wildman–Crippen LogP) is 3.89. The van der Waals surface area contributed by atoms with Crippen LogP contribution in [0.3, 0.4) is 0 Å². The number of anilines is 2. The van der Waals surface area contributed by atoms with Gasteiger partial charge in [-0.2, -0.15) is 4.72 Å². The van der Waals surface area contributed by atoms with E-state index in [2.05, 4.69) is 4.72 Å². The first kappa shape index (κ1) is 20.9. The molecule has 0 radical (unpaired) electrons. The molecule has 0 saturated heterocycles. The Kier molecular flexibility index (Phi) is 6.25. The molecule has 0 saturated carbocycles. The maximum Gasteiger partial charge on any atom is 0.241 e. The lowest BCUT2D eigenvalue weighted by Gasteiger charge is -2.22. The van der Waals surface area contributed by atoms with E-state index < -0.39 is 16.1 Å². The van der Waals surface area contributed by atoms with Gasteiger partial charge in [0, 0.05) is 39.6 Å². The Hall–Kier alpha value is -2.83. The Morgan fingerprint density at radius 2 is 1.07 bits per heavy atom. The van der Waals surface area contributed by atoms with Gasteiger partial charge in [0.15, 0.2) is 0 Å². The van der Waals surface area contributed by atoms with E-state index in [1.807, 2.05) is 86.5 Å². The van der Waals surface area contributed by atoms with Crippen LogP contribution in [0.2, 0.25) is 0 Å². The first-order chi connectivity index (χ1) is 13.8. The van der Waals surface area contributed by atoms with Gasteiger partial charge in [-0.15, -0.1) is 0 Å². The number of hydrogen-bond donors (Lipinski definition) is 1. The minimum atomic E-state index is -3.68. The zero-order valence-corrected chi connectivity index (χ0v) is 18.0. The van der Waals surface area contributed by atoms with Crippen LogP contribution < -0.4 is 14.5 Å². The standard InChI is InChI=1S/C23H27N3O2S/c1-25(2)20-14-10-18(11-15-20)23(19-12-16-21(17-13-19)26(3)4)24-29(27,28)22-8-6-5-7-9-22/h5-17,23-24H,1-4H3. The molecule has 3 aromatic carbocycles. The van der Waals surface area contributed by atoms with Crippen LogP contribution in [0.25, 0.3) is 0 Å². The van der Waals surface area contributed by atoms with Crippen LogP contribution in [0, 0.1) is 0 Å². The number of sulfonamides is 1. The Bertz CT molecular complexity index is 978. The van der Waals surface area contributed by atoms with Crippen molar-refractivity contribution < 1.29 is 8.42 Å². The molecule has 0 heterocycles. The fourth-order valence-corrected chi connectivity index (χ4v) is 4.32. The highest BCUT2D eigenvalue weighted by atomic mass is 32.2. The smallest absolute Gasteiger partial charge is 0.241 e. The molecule has 3 rings (SSSR count). The van der Waals surface area contributed by atoms with E-state index in [1.54, 1.807) is 30.3 Å². The number of benzene rings is 3. The molecule has 0 aliphatic rings. The van der Waals surface area contributed by atoms with E-state index in [0.717, 1.165) is 22.5 Å². The zero-order chi connectivity index (χ0) is 21.0. The monoisotopic (exact) mass is 409 g/mol. The van der Waals surface area contributed by atoms with Gasteiger partial charge >= 0.3 is 0 Å². The van der Waals surface area contributed by atoms with Gasteiger partial charge in [-0.3, -0.25) is 0 Å². The summed E-state index contributed by atoms with van der Waals surface area (Å²) < 4.78 is 28.9. The minimum Gasteiger partial charge on any atom is -0.378 e. The first-order valence-corrected chi connectivity index (χ1v) is 10.9. The van der Waals surface area contributed by atoms with Crippen molar-refractivity contribution in [3.05, 3.63) is 90.0 Å². The summed E-state index contributed by atoms with van der Waals surface area (Å²) in [6, 6.07) is 23.8. The average molecular weight is 410 g/mol. The SMILES string of the molecule is CN(C)c1ccc(C(NS(=O)(=O)c2ccccc2)c2ccc(N(C)C)cc2)cc1. The van der Waals surface area contributed by atoms with Crippen molar-refractivity contribution >= 4 is 21.4 Å². The molecule has 0 atom stereocenters. The summed E-state index contributed by atoms with van der Waals surface area (Å²) in [6.07, 6.45) is 0. The van der Waals surface area contributed by atoms with Crippen LogP contribution in [-0.4, -0.2) is 36.6 Å². The molecule has 0 unspecified atom stereocenters. The van der Waals surface area contributed by atoms with E-state index >= 15 is 0 Å². The third kappa shape index (κ3) is 4.96. The second kappa shape index (κ2) is 8.68. The molecule has 0 fully saturated rings. The van der Waals surface area contributed by atoms with Gasteiger partial charge in [0.1, 0.15) is 0 Å². The summed E-state index contributed by atoms with van der Waals surface area (Å²) >= 11 is 0. The normalized spacial score (nSPS) is 11.5. The van der Waals surface area contributed by atoms with Crippen LogP contribution >= 0.6 is 0 Å². The topological polar surface area (TPSA) is 52.7 Å². The quantitative estimate of drug-likeness (QED) is 0.643. The number of nitrogens with zero attached hydrogens (tertiary/aromatic N) is 2. The Labute approximate surface area is 173 Å². The summed E-state index contributed by atoms with van der Waals surface area (Å²) in [4.78, 5) is 4.28. The van der Waals surface area contributed by atoms with Crippen molar-refractivity contribution in [3.8, 4) is 0 Å². The van der Waals surface area contributed by atoms with E-state index in [9.17, 15) is 8.42 Å². The molecule has 0 aliphatic heterocycles. The third-order valence-corrected chi connectivity index (χ3v) is 6.25. The van der Waals surface area contributed by atoms with E-state index in [4.69, 9.17) is 0 Å². The van der Waals surface area contributed by atoms with Gasteiger partial charge in [-0.25, -0.2) is 8.42 Å². The molecular formula is C23H27N3O2S. The van der Waals surface area contributed by atoms with Crippen molar-refractivity contribution in [2.75, 3.05) is 38.0 Å². The molecule has 0 aromatic heterocycles. The van der Waals surface area contributed by atoms with Crippen LogP contribution in [0.1, 0.15) is 17.2 Å². The van der Waals surface area contributed by atoms with Crippen LogP contribution in [0.15, 0.2) is 83.8 Å². The molecule has 152 valence electrons. The minimum absolute atomic E-state index is 0.250. The van der Waals surface area contributed by atoms with Gasteiger partial charge < -0.3 is 9.80 Å². The van der Waals surface area contributed by atoms with Gasteiger partial charge in [-0.1, -0.05) is 42.5 Å². The lowest BCUT2D eigenvalue weighted by Crippen LogP contribution is -2.29. The van der Waals surface area contributed by atoms with Crippen molar-refractivity contribution in [2.45, 2.75) is 10.9 Å². The fraction of sp³-hybridized carbons (Fsp3) is 0.217. The van der Waals surface area contributed by atoms with Crippen LogP contribution in [0.4, 0.5) is 11.4 Å². The molecule has 0 bridgehead atoms. The summed E-state index contributed by atoms with van der Waals surface area (Å²) in [6.45, 7) is 0. The van der Waals surface area contributed by atoms with Crippen molar-refractivity contribution in [1.29, 1.82) is 0 Å². The number of nitrogens with one attached hydrogen (secondary N) is 1. The van der Waals surface area contributed by atoms with Crippen molar-refractivity contribution in [1.82, 2.24) is 4.72 Å². The van der Waals surface area contributed by atoms with Crippen LogP contribution in [0.5, 0.6) is 0 Å². The highest BCUT2D eigenvalue weighted by Crippen LogP contribution is 2.28. The molecule has 29 heavy (non-hydrogen) atoms. The van der Waals surface area contributed by atoms with E-state index in [0.29, 0.717) is 0 Å². The van der Waals surface area contributed by atoms with Crippen molar-refractivity contribution in [3.63, 3.8) is 0 Å². The Morgan fingerprint density at radius 1 is 0.655 bits per heavy atom. The van der Waals surface area contributed by atoms with Gasteiger partial charge in [0.2, 0.25) is 10.0 Å². The van der Waals surface area contributed by atoms with Gasteiger partial charge in [-0.05, 0) is 47.5 Å². The molecule has 1 N–H and O–H groups in total. The number of hydrogen-bond acceptors (Lipinski definition) is 4. The Morgan fingerprint density at radius 3 is 1.45 bits per heavy atom. The fourth-order valence-electron chi connectivity index (χ4n) is 3.08. The molecular weight excluding hydrogens is 382 g/mol. The third-order valence-electron chi connectivity index (χ3n) is 4.81. The first-order valence-electron chi connectivity index (χ1n) is 9.40. The predicted molar refractivity (Wildman–Crippen MR) is 120 cm³/mol. The van der Waals surface area contributed by atoms with E-state index in [1.165, 1.54) is 0 Å². The zero-order valence-electron chi connectivity index (χ0n) is 17.2. The summed E-state index contributed by atoms with van der Waals surface area (Å²) in [5.41, 5.74) is 3.88. The Balaban J connectivity index is 2.01. The lowest BCUT2D eigenvalue weighted by molar-refractivity contribution is 0.572. The molecule has 0 spiro atoms. The molecule has 0 aliphatic carbocycles. The highest BCUT2D eigenvalue weighted by molar-refractivity contribution is 7.89. The highest BCUT2D eigenvalue weighted by Gasteiger charge is 2.23. The summed E-state index contributed by atoms with van der Waals surface area (Å²) in [7, 11) is 4.23. The average Bonchev–Trinajstić information content (AvgIpc) is 2.73. The molecule has 5 nitrogen and oxygen atoms in total. The van der Waals surface area contributed by atoms with E-state index in [-0.39, 0.29) is 4.90 Å². The lowest BCUT2D eigenvalue weighted by atomic mass is 9.99.